The number of halogens is 1. The highest BCUT2D eigenvalue weighted by molar-refractivity contribution is 6.30. The zero-order valence-corrected chi connectivity index (χ0v) is 15.7. The minimum Gasteiger partial charge on any atom is -0.451 e. The fourth-order valence-electron chi connectivity index (χ4n) is 3.44. The van der Waals surface area contributed by atoms with Crippen LogP contribution in [-0.4, -0.2) is 37.0 Å². The highest BCUT2D eigenvalue weighted by Gasteiger charge is 2.25. The van der Waals surface area contributed by atoms with Crippen molar-refractivity contribution in [3.8, 4) is 0 Å². The Morgan fingerprint density at radius 3 is 2.56 bits per heavy atom. The van der Waals surface area contributed by atoms with E-state index in [-0.39, 0.29) is 17.1 Å². The molecular weight excluding hydrogens is 364 g/mol. The maximum absolute atomic E-state index is 12.8. The fourth-order valence-corrected chi connectivity index (χ4v) is 3.61. The second-order valence-electron chi connectivity index (χ2n) is 6.68. The van der Waals surface area contributed by atoms with E-state index in [0.29, 0.717) is 42.2 Å². The predicted molar refractivity (Wildman–Crippen MR) is 107 cm³/mol. The molecule has 0 atom stereocenters. The second kappa shape index (κ2) is 7.08. The highest BCUT2D eigenvalue weighted by atomic mass is 35.5. The molecule has 1 fully saturated rings. The number of aryl methyl sites for hydroxylation is 1. The van der Waals surface area contributed by atoms with Gasteiger partial charge in [0.2, 0.25) is 0 Å². The molecule has 0 bridgehead atoms. The van der Waals surface area contributed by atoms with Crippen LogP contribution in [0.3, 0.4) is 0 Å². The van der Waals surface area contributed by atoms with Gasteiger partial charge in [0.05, 0.1) is 5.39 Å². The molecule has 0 aliphatic carbocycles. The van der Waals surface area contributed by atoms with Crippen LogP contribution < -0.4 is 10.3 Å². The minimum atomic E-state index is -0.250. The molecule has 2 aromatic carbocycles. The first-order valence-electron chi connectivity index (χ1n) is 8.86. The number of carbonyl (C=O) groups excluding carboxylic acids is 1. The van der Waals surface area contributed by atoms with Gasteiger partial charge in [-0.1, -0.05) is 29.8 Å². The van der Waals surface area contributed by atoms with Crippen molar-refractivity contribution < 1.29 is 9.21 Å². The van der Waals surface area contributed by atoms with Gasteiger partial charge >= 0.3 is 0 Å². The van der Waals surface area contributed by atoms with E-state index < -0.39 is 0 Å². The van der Waals surface area contributed by atoms with E-state index in [4.69, 9.17) is 16.0 Å². The molecular formula is C21H19ClN2O3. The summed E-state index contributed by atoms with van der Waals surface area (Å²) in [6.07, 6.45) is 0. The summed E-state index contributed by atoms with van der Waals surface area (Å²) in [4.78, 5) is 29.0. The summed E-state index contributed by atoms with van der Waals surface area (Å²) in [5.74, 6) is -0.161. The largest absolute Gasteiger partial charge is 0.451 e. The number of para-hydroxylation sites is 1. The van der Waals surface area contributed by atoms with Crippen LogP contribution in [0.4, 0.5) is 5.69 Å². The van der Waals surface area contributed by atoms with Crippen molar-refractivity contribution in [1.29, 1.82) is 0 Å². The van der Waals surface area contributed by atoms with Crippen LogP contribution in [0, 0.1) is 6.92 Å². The Balaban J connectivity index is 1.52. The highest BCUT2D eigenvalue weighted by Crippen LogP contribution is 2.25. The molecule has 1 aliphatic heterocycles. The average Bonchev–Trinajstić information content (AvgIpc) is 2.69. The number of carbonyl (C=O) groups is 1. The van der Waals surface area contributed by atoms with Crippen LogP contribution in [0.15, 0.2) is 57.7 Å². The van der Waals surface area contributed by atoms with E-state index in [1.807, 2.05) is 25.1 Å². The smallest absolute Gasteiger partial charge is 0.289 e. The lowest BCUT2D eigenvalue weighted by atomic mass is 10.1. The summed E-state index contributed by atoms with van der Waals surface area (Å²) >= 11 is 6.12. The Hall–Kier alpha value is -2.79. The van der Waals surface area contributed by atoms with Gasteiger partial charge < -0.3 is 14.2 Å². The van der Waals surface area contributed by atoms with E-state index in [2.05, 4.69) is 4.90 Å². The number of amides is 1. The third-order valence-electron chi connectivity index (χ3n) is 4.92. The number of benzene rings is 2. The van der Waals surface area contributed by atoms with E-state index in [1.165, 1.54) is 6.07 Å². The van der Waals surface area contributed by atoms with Crippen LogP contribution in [0.5, 0.6) is 0 Å². The molecule has 0 unspecified atom stereocenters. The number of fused-ring (bicyclic) bond motifs is 1. The van der Waals surface area contributed by atoms with Crippen molar-refractivity contribution in [3.63, 3.8) is 0 Å². The number of hydrogen-bond donors (Lipinski definition) is 0. The van der Waals surface area contributed by atoms with E-state index in [0.717, 1.165) is 11.3 Å². The molecule has 1 aliphatic rings. The van der Waals surface area contributed by atoms with Gasteiger partial charge in [-0.3, -0.25) is 9.59 Å². The van der Waals surface area contributed by atoms with Gasteiger partial charge in [0.25, 0.3) is 5.91 Å². The monoisotopic (exact) mass is 382 g/mol. The number of hydrogen-bond acceptors (Lipinski definition) is 4. The Bertz CT molecular complexity index is 1070. The van der Waals surface area contributed by atoms with Gasteiger partial charge in [-0.25, -0.2) is 0 Å². The standard InChI is InChI=1S/C21H19ClN2O3/c1-14-6-7-15(22)12-17(14)23-8-10-24(11-9-23)21(26)20-13-18(25)16-4-2-3-5-19(16)27-20/h2-7,12-13H,8-11H2,1H3. The van der Waals surface area contributed by atoms with Gasteiger partial charge in [-0.05, 0) is 36.8 Å². The Morgan fingerprint density at radius 2 is 1.78 bits per heavy atom. The topological polar surface area (TPSA) is 53.8 Å². The first-order valence-corrected chi connectivity index (χ1v) is 9.24. The molecule has 2 heterocycles. The van der Waals surface area contributed by atoms with Gasteiger partial charge in [0.15, 0.2) is 11.2 Å². The third kappa shape index (κ3) is 3.43. The normalized spacial score (nSPS) is 14.6. The first-order chi connectivity index (χ1) is 13.0. The quantitative estimate of drug-likeness (QED) is 0.678. The van der Waals surface area contributed by atoms with Crippen molar-refractivity contribution in [2.24, 2.45) is 0 Å². The van der Waals surface area contributed by atoms with E-state index in [9.17, 15) is 9.59 Å². The van der Waals surface area contributed by atoms with E-state index >= 15 is 0 Å². The minimum absolute atomic E-state index is 0.0890. The van der Waals surface area contributed by atoms with Crippen LogP contribution >= 0.6 is 11.6 Å². The maximum Gasteiger partial charge on any atom is 0.289 e. The molecule has 3 aromatic rings. The lowest BCUT2D eigenvalue weighted by Gasteiger charge is -2.36. The summed E-state index contributed by atoms with van der Waals surface area (Å²) in [7, 11) is 0. The molecule has 1 aromatic heterocycles. The Labute approximate surface area is 161 Å². The van der Waals surface area contributed by atoms with Gasteiger partial charge in [-0.2, -0.15) is 0 Å². The fraction of sp³-hybridized carbons (Fsp3) is 0.238. The van der Waals surface area contributed by atoms with Crippen molar-refractivity contribution >= 4 is 34.2 Å². The number of nitrogens with zero attached hydrogens (tertiary/aromatic N) is 2. The predicted octanol–water partition coefficient (Wildman–Crippen LogP) is 3.72. The van der Waals surface area contributed by atoms with Crippen molar-refractivity contribution in [1.82, 2.24) is 4.90 Å². The molecule has 6 heteroatoms. The second-order valence-corrected chi connectivity index (χ2v) is 7.12. The number of anilines is 1. The summed E-state index contributed by atoms with van der Waals surface area (Å²) in [6, 6.07) is 14.1. The molecule has 27 heavy (non-hydrogen) atoms. The summed E-state index contributed by atoms with van der Waals surface area (Å²) in [6.45, 7) is 4.56. The summed E-state index contributed by atoms with van der Waals surface area (Å²) < 4.78 is 5.68. The van der Waals surface area contributed by atoms with Crippen molar-refractivity contribution in [2.45, 2.75) is 6.92 Å². The van der Waals surface area contributed by atoms with Crippen molar-refractivity contribution in [2.75, 3.05) is 31.1 Å². The zero-order valence-electron chi connectivity index (χ0n) is 14.9. The van der Waals surface area contributed by atoms with Crippen LogP contribution in [-0.2, 0) is 0 Å². The van der Waals surface area contributed by atoms with Gasteiger partial charge in [-0.15, -0.1) is 0 Å². The van der Waals surface area contributed by atoms with Crippen LogP contribution in [0.2, 0.25) is 5.02 Å². The molecule has 0 N–H and O–H groups in total. The van der Waals surface area contributed by atoms with Crippen LogP contribution in [0.25, 0.3) is 11.0 Å². The van der Waals surface area contributed by atoms with Gasteiger partial charge in [0.1, 0.15) is 5.58 Å². The molecule has 4 rings (SSSR count). The molecule has 138 valence electrons. The first kappa shape index (κ1) is 17.6. The Kier molecular flexibility index (Phi) is 4.62. The molecule has 0 radical (unpaired) electrons. The lowest BCUT2D eigenvalue weighted by Crippen LogP contribution is -2.49. The Morgan fingerprint density at radius 1 is 1.04 bits per heavy atom. The molecule has 0 saturated carbocycles. The summed E-state index contributed by atoms with van der Waals surface area (Å²) in [5.41, 5.74) is 2.47. The molecule has 5 nitrogen and oxygen atoms in total. The van der Waals surface area contributed by atoms with Crippen LogP contribution in [0.1, 0.15) is 16.1 Å². The number of rotatable bonds is 2. The molecule has 0 spiro atoms. The van der Waals surface area contributed by atoms with Crippen molar-refractivity contribution in [3.05, 3.63) is 75.1 Å². The summed E-state index contributed by atoms with van der Waals surface area (Å²) in [5, 5.41) is 1.18. The zero-order chi connectivity index (χ0) is 19.0. The third-order valence-corrected chi connectivity index (χ3v) is 5.16. The maximum atomic E-state index is 12.8. The van der Waals surface area contributed by atoms with E-state index in [1.54, 1.807) is 29.2 Å². The molecule has 1 saturated heterocycles. The lowest BCUT2D eigenvalue weighted by molar-refractivity contribution is 0.0715. The van der Waals surface area contributed by atoms with Gasteiger partial charge in [0, 0.05) is 43.0 Å². The number of piperazine rings is 1. The SMILES string of the molecule is Cc1ccc(Cl)cc1N1CCN(C(=O)c2cc(=O)c3ccccc3o2)CC1. The average molecular weight is 383 g/mol. The molecule has 1 amide bonds.